The Morgan fingerprint density at radius 2 is 2.00 bits per heavy atom. The molecule has 126 valence electrons. The van der Waals surface area contributed by atoms with E-state index in [1.807, 2.05) is 0 Å². The van der Waals surface area contributed by atoms with Crippen LogP contribution in [-0.2, 0) is 9.59 Å². The first-order valence-corrected chi connectivity index (χ1v) is 9.10. The molecule has 4 heteroatoms. The molecule has 0 aromatic carbocycles. The van der Waals surface area contributed by atoms with Gasteiger partial charge in [0.1, 0.15) is 5.78 Å². The summed E-state index contributed by atoms with van der Waals surface area (Å²) < 4.78 is 0. The Hall–Kier alpha value is -1.00. The van der Waals surface area contributed by atoms with Gasteiger partial charge in [0.15, 0.2) is 5.78 Å². The predicted octanol–water partition coefficient (Wildman–Crippen LogP) is 2.17. The number of fused-ring (bicyclic) bond motifs is 5. The second kappa shape index (κ2) is 5.00. The molecule has 4 aliphatic carbocycles. The van der Waals surface area contributed by atoms with Crippen molar-refractivity contribution in [1.82, 2.24) is 0 Å². The van der Waals surface area contributed by atoms with Crippen LogP contribution >= 0.6 is 0 Å². The van der Waals surface area contributed by atoms with Crippen molar-refractivity contribution in [1.29, 1.82) is 0 Å². The minimum atomic E-state index is -1.04. The highest BCUT2D eigenvalue weighted by Gasteiger charge is 2.63. The molecule has 0 amide bonds. The van der Waals surface area contributed by atoms with Crippen molar-refractivity contribution >= 4 is 11.6 Å². The highest BCUT2D eigenvalue weighted by Crippen LogP contribution is 2.62. The summed E-state index contributed by atoms with van der Waals surface area (Å²) in [6, 6.07) is 0. The van der Waals surface area contributed by atoms with Gasteiger partial charge in [-0.1, -0.05) is 6.92 Å². The quantitative estimate of drug-likeness (QED) is 0.777. The summed E-state index contributed by atoms with van der Waals surface area (Å²) in [5.41, 5.74) is -0.591. The van der Waals surface area contributed by atoms with E-state index in [-0.39, 0.29) is 29.0 Å². The van der Waals surface area contributed by atoms with E-state index in [1.165, 1.54) is 0 Å². The van der Waals surface area contributed by atoms with Gasteiger partial charge in [-0.15, -0.1) is 0 Å². The number of Topliss-reactive ketones (excluding diaryl/α,β-unsaturated/α-hetero) is 1. The topological polar surface area (TPSA) is 74.6 Å². The fourth-order valence-corrected chi connectivity index (χ4v) is 6.46. The first-order valence-electron chi connectivity index (χ1n) is 9.10. The number of carbonyl (C=O) groups excluding carboxylic acids is 2. The predicted molar refractivity (Wildman–Crippen MR) is 84.6 cm³/mol. The molecular formula is C19H26O4. The highest BCUT2D eigenvalue weighted by atomic mass is 16.3. The van der Waals surface area contributed by atoms with E-state index in [0.29, 0.717) is 31.5 Å². The number of ketones is 2. The van der Waals surface area contributed by atoms with Crippen LogP contribution in [0.5, 0.6) is 0 Å². The lowest BCUT2D eigenvalue weighted by molar-refractivity contribution is -0.169. The van der Waals surface area contributed by atoms with E-state index in [2.05, 4.69) is 6.92 Å². The lowest BCUT2D eigenvalue weighted by Gasteiger charge is -2.58. The molecule has 23 heavy (non-hydrogen) atoms. The molecule has 0 aromatic rings. The molecule has 6 atom stereocenters. The molecular weight excluding hydrogens is 292 g/mol. The molecule has 2 N–H and O–H groups in total. The minimum absolute atomic E-state index is 0.0902. The molecule has 4 aliphatic rings. The molecule has 0 spiro atoms. The SMILES string of the molecule is CC[C@]12CC(O)[C@H]3[C@@H](CCC4=CC(=O)CC[C@@]43O)[C@@H]1CCC2=O. The van der Waals surface area contributed by atoms with Crippen molar-refractivity contribution < 1.29 is 19.8 Å². The zero-order chi connectivity index (χ0) is 16.4. The first-order chi connectivity index (χ1) is 10.9. The summed E-state index contributed by atoms with van der Waals surface area (Å²) in [6.07, 6.45) is 6.14. The fourth-order valence-electron chi connectivity index (χ4n) is 6.46. The Bertz CT molecular complexity index is 594. The fraction of sp³-hybridized carbons (Fsp3) is 0.789. The van der Waals surface area contributed by atoms with Crippen LogP contribution in [0.1, 0.15) is 58.3 Å². The van der Waals surface area contributed by atoms with E-state index in [9.17, 15) is 19.8 Å². The summed E-state index contributed by atoms with van der Waals surface area (Å²) in [4.78, 5) is 24.3. The smallest absolute Gasteiger partial charge is 0.155 e. The Labute approximate surface area is 137 Å². The molecule has 0 aromatic heterocycles. The third-order valence-electron chi connectivity index (χ3n) is 7.49. The average Bonchev–Trinajstić information content (AvgIpc) is 2.85. The van der Waals surface area contributed by atoms with Gasteiger partial charge in [0.05, 0.1) is 11.7 Å². The minimum Gasteiger partial charge on any atom is -0.393 e. The summed E-state index contributed by atoms with van der Waals surface area (Å²) in [7, 11) is 0. The van der Waals surface area contributed by atoms with Gasteiger partial charge in [0, 0.05) is 24.2 Å². The van der Waals surface area contributed by atoms with Gasteiger partial charge >= 0.3 is 0 Å². The van der Waals surface area contributed by atoms with Crippen LogP contribution in [0, 0.1) is 23.2 Å². The maximum absolute atomic E-state index is 12.6. The second-order valence-corrected chi connectivity index (χ2v) is 8.14. The van der Waals surface area contributed by atoms with Gasteiger partial charge in [-0.25, -0.2) is 0 Å². The van der Waals surface area contributed by atoms with Gasteiger partial charge in [-0.2, -0.15) is 0 Å². The van der Waals surface area contributed by atoms with Crippen LogP contribution in [-0.4, -0.2) is 33.5 Å². The summed E-state index contributed by atoms with van der Waals surface area (Å²) in [5, 5.41) is 22.3. The third-order valence-corrected chi connectivity index (χ3v) is 7.49. The molecule has 4 rings (SSSR count). The number of rotatable bonds is 1. The number of carbonyl (C=O) groups is 2. The molecule has 3 saturated carbocycles. The van der Waals surface area contributed by atoms with Crippen molar-refractivity contribution in [2.75, 3.05) is 0 Å². The molecule has 1 unspecified atom stereocenters. The van der Waals surface area contributed by atoms with E-state index in [0.717, 1.165) is 31.3 Å². The summed E-state index contributed by atoms with van der Waals surface area (Å²) in [6.45, 7) is 2.06. The summed E-state index contributed by atoms with van der Waals surface area (Å²) >= 11 is 0. The van der Waals surface area contributed by atoms with Crippen LogP contribution in [0.3, 0.4) is 0 Å². The molecule has 4 nitrogen and oxygen atoms in total. The van der Waals surface area contributed by atoms with Gasteiger partial charge < -0.3 is 10.2 Å². The standard InChI is InChI=1S/C19H26O4/c1-2-18-10-15(21)17-13(14(18)5-6-16(18)22)4-3-11-9-12(20)7-8-19(11,17)23/h9,13-15,17,21,23H,2-8,10H2,1H3/t13-,14-,15?,17+,18-,19+/m0/s1. The van der Waals surface area contributed by atoms with E-state index in [4.69, 9.17) is 0 Å². The van der Waals surface area contributed by atoms with Crippen molar-refractivity contribution in [2.24, 2.45) is 23.2 Å². The second-order valence-electron chi connectivity index (χ2n) is 8.14. The van der Waals surface area contributed by atoms with Gasteiger partial charge in [-0.3, -0.25) is 9.59 Å². The molecule has 0 radical (unpaired) electrons. The van der Waals surface area contributed by atoms with Crippen molar-refractivity contribution in [3.63, 3.8) is 0 Å². The van der Waals surface area contributed by atoms with Gasteiger partial charge in [0.2, 0.25) is 0 Å². The molecule has 0 saturated heterocycles. The zero-order valence-corrected chi connectivity index (χ0v) is 13.8. The normalized spacial score (nSPS) is 49.3. The summed E-state index contributed by atoms with van der Waals surface area (Å²) in [5.74, 6) is 0.672. The Kier molecular flexibility index (Phi) is 3.37. The Balaban J connectivity index is 1.76. The largest absolute Gasteiger partial charge is 0.393 e. The average molecular weight is 318 g/mol. The van der Waals surface area contributed by atoms with Crippen LogP contribution < -0.4 is 0 Å². The van der Waals surface area contributed by atoms with Crippen LogP contribution in [0.2, 0.25) is 0 Å². The van der Waals surface area contributed by atoms with E-state index < -0.39 is 11.7 Å². The highest BCUT2D eigenvalue weighted by molar-refractivity contribution is 5.92. The molecule has 3 fully saturated rings. The van der Waals surface area contributed by atoms with Gasteiger partial charge in [-0.05, 0) is 62.0 Å². The van der Waals surface area contributed by atoms with E-state index in [1.54, 1.807) is 6.08 Å². The monoisotopic (exact) mass is 318 g/mol. The molecule has 0 heterocycles. The zero-order valence-electron chi connectivity index (χ0n) is 13.8. The number of aliphatic hydroxyl groups excluding tert-OH is 1. The third kappa shape index (κ3) is 1.91. The molecule has 0 aliphatic heterocycles. The van der Waals surface area contributed by atoms with Gasteiger partial charge in [0.25, 0.3) is 0 Å². The molecule has 0 bridgehead atoms. The van der Waals surface area contributed by atoms with E-state index >= 15 is 0 Å². The van der Waals surface area contributed by atoms with Crippen molar-refractivity contribution in [3.05, 3.63) is 11.6 Å². The lowest BCUT2D eigenvalue weighted by atomic mass is 9.49. The van der Waals surface area contributed by atoms with Crippen molar-refractivity contribution in [2.45, 2.75) is 70.0 Å². The van der Waals surface area contributed by atoms with Crippen LogP contribution in [0.4, 0.5) is 0 Å². The maximum Gasteiger partial charge on any atom is 0.155 e. The lowest BCUT2D eigenvalue weighted by Crippen LogP contribution is -2.61. The Morgan fingerprint density at radius 1 is 1.22 bits per heavy atom. The maximum atomic E-state index is 12.6. The number of hydrogen-bond donors (Lipinski definition) is 2. The number of aliphatic hydroxyl groups is 2. The number of hydrogen-bond acceptors (Lipinski definition) is 4. The Morgan fingerprint density at radius 3 is 2.74 bits per heavy atom. The van der Waals surface area contributed by atoms with Crippen molar-refractivity contribution in [3.8, 4) is 0 Å². The first kappa shape index (κ1) is 15.5. The van der Waals surface area contributed by atoms with Crippen LogP contribution in [0.15, 0.2) is 11.6 Å². The van der Waals surface area contributed by atoms with Crippen LogP contribution in [0.25, 0.3) is 0 Å².